The molecule has 1 aliphatic carbocycles. The molecule has 1 heterocycles. The van der Waals surface area contributed by atoms with E-state index >= 15 is 0 Å². The fourth-order valence-corrected chi connectivity index (χ4v) is 2.60. The van der Waals surface area contributed by atoms with Crippen molar-refractivity contribution >= 4 is 27.9 Å². The van der Waals surface area contributed by atoms with Crippen LogP contribution >= 0.6 is 11.3 Å². The van der Waals surface area contributed by atoms with Crippen LogP contribution in [-0.4, -0.2) is 19.5 Å². The maximum absolute atomic E-state index is 11.8. The summed E-state index contributed by atoms with van der Waals surface area (Å²) >= 11 is 1.24. The average molecular weight is 264 g/mol. The van der Waals surface area contributed by atoms with Gasteiger partial charge in [0.2, 0.25) is 0 Å². The van der Waals surface area contributed by atoms with Gasteiger partial charge in [-0.25, -0.2) is 0 Å². The van der Waals surface area contributed by atoms with Crippen LogP contribution in [0.1, 0.15) is 35.0 Å². The fraction of sp³-hybridized carbons (Fsp3) is 0.500. The van der Waals surface area contributed by atoms with Crippen molar-refractivity contribution in [2.75, 3.05) is 24.6 Å². The Labute approximate surface area is 110 Å². The van der Waals surface area contributed by atoms with E-state index in [1.54, 1.807) is 7.05 Å². The second-order valence-corrected chi connectivity index (χ2v) is 5.92. The minimum atomic E-state index is -0.256. The number of hydrogen-bond acceptors (Lipinski definition) is 5. The van der Waals surface area contributed by atoms with Gasteiger partial charge in [0, 0.05) is 13.6 Å². The molecule has 0 bridgehead atoms. The van der Waals surface area contributed by atoms with Gasteiger partial charge >= 0.3 is 0 Å². The Morgan fingerprint density at radius 1 is 1.61 bits per heavy atom. The molecule has 0 radical (unpaired) electrons. The third-order valence-corrected chi connectivity index (χ3v) is 4.35. The number of nitriles is 1. The lowest BCUT2D eigenvalue weighted by Crippen LogP contribution is -2.21. The van der Waals surface area contributed by atoms with Crippen molar-refractivity contribution < 1.29 is 4.79 Å². The molecule has 1 fully saturated rings. The van der Waals surface area contributed by atoms with Gasteiger partial charge in [0.15, 0.2) is 0 Å². The minimum absolute atomic E-state index is 0.256. The Morgan fingerprint density at radius 2 is 2.28 bits per heavy atom. The molecule has 1 amide bonds. The zero-order valence-corrected chi connectivity index (χ0v) is 11.3. The Morgan fingerprint density at radius 3 is 2.78 bits per heavy atom. The van der Waals surface area contributed by atoms with Gasteiger partial charge in [-0.1, -0.05) is 6.92 Å². The summed E-state index contributed by atoms with van der Waals surface area (Å²) in [5.74, 6) is -0.256. The second-order valence-electron chi connectivity index (χ2n) is 4.90. The van der Waals surface area contributed by atoms with E-state index in [2.05, 4.69) is 17.6 Å². The van der Waals surface area contributed by atoms with Crippen LogP contribution in [0.3, 0.4) is 0 Å². The number of hydrogen-bond donors (Lipinski definition) is 3. The zero-order chi connectivity index (χ0) is 13.3. The van der Waals surface area contributed by atoms with Gasteiger partial charge in [-0.05, 0) is 18.3 Å². The second kappa shape index (κ2) is 4.50. The molecule has 0 spiro atoms. The molecule has 0 unspecified atom stereocenters. The molecular weight excluding hydrogens is 248 g/mol. The maximum atomic E-state index is 11.8. The number of carbonyl (C=O) groups excluding carboxylic acids is 1. The van der Waals surface area contributed by atoms with Gasteiger partial charge in [-0.2, -0.15) is 5.26 Å². The number of thiophene rings is 1. The first kappa shape index (κ1) is 12.7. The summed E-state index contributed by atoms with van der Waals surface area (Å²) in [5, 5.41) is 15.5. The first-order chi connectivity index (χ1) is 8.50. The van der Waals surface area contributed by atoms with Crippen LogP contribution in [0.4, 0.5) is 10.7 Å². The summed E-state index contributed by atoms with van der Waals surface area (Å²) in [6.07, 6.45) is 2.39. The lowest BCUT2D eigenvalue weighted by molar-refractivity contribution is 0.0965. The first-order valence-corrected chi connectivity index (χ1v) is 6.61. The number of nitrogens with two attached hydrogens (primary N) is 1. The van der Waals surface area contributed by atoms with Crippen LogP contribution in [0.5, 0.6) is 0 Å². The van der Waals surface area contributed by atoms with E-state index in [0.717, 1.165) is 6.54 Å². The number of anilines is 2. The summed E-state index contributed by atoms with van der Waals surface area (Å²) in [7, 11) is 1.55. The summed E-state index contributed by atoms with van der Waals surface area (Å²) < 4.78 is 0. The Balaban J connectivity index is 2.27. The summed E-state index contributed by atoms with van der Waals surface area (Å²) in [5.41, 5.74) is 6.82. The molecule has 5 nitrogen and oxygen atoms in total. The standard InChI is InChI=1S/C12H16N4OS/c1-12(3-4-12)6-16-11-8(10(17)15-2)9(14)7(5-13)18-11/h16H,3-4,6,14H2,1-2H3,(H,15,17). The zero-order valence-electron chi connectivity index (χ0n) is 10.5. The normalized spacial score (nSPS) is 15.8. The Hall–Kier alpha value is -1.74. The molecular formula is C12H16N4OS. The molecule has 2 rings (SSSR count). The van der Waals surface area contributed by atoms with Crippen molar-refractivity contribution in [3.05, 3.63) is 10.4 Å². The number of amides is 1. The van der Waals surface area contributed by atoms with Crippen LogP contribution in [-0.2, 0) is 0 Å². The predicted octanol–water partition coefficient (Wildman–Crippen LogP) is 1.77. The van der Waals surface area contributed by atoms with Gasteiger partial charge in [0.1, 0.15) is 15.9 Å². The van der Waals surface area contributed by atoms with Crippen molar-refractivity contribution in [3.8, 4) is 6.07 Å². The summed E-state index contributed by atoms with van der Waals surface area (Å²) in [6.45, 7) is 3.00. The molecule has 1 saturated carbocycles. The fourth-order valence-electron chi connectivity index (χ4n) is 1.69. The molecule has 1 aliphatic rings. The molecule has 6 heteroatoms. The number of nitrogens with zero attached hydrogens (tertiary/aromatic N) is 1. The van der Waals surface area contributed by atoms with Gasteiger partial charge in [0.25, 0.3) is 5.91 Å². The van der Waals surface area contributed by atoms with E-state index in [1.807, 2.05) is 6.07 Å². The third kappa shape index (κ3) is 2.27. The molecule has 0 atom stereocenters. The molecule has 18 heavy (non-hydrogen) atoms. The molecule has 0 aliphatic heterocycles. The highest BCUT2D eigenvalue weighted by Gasteiger charge is 2.37. The van der Waals surface area contributed by atoms with Gasteiger partial charge < -0.3 is 16.4 Å². The largest absolute Gasteiger partial charge is 0.396 e. The van der Waals surface area contributed by atoms with E-state index in [9.17, 15) is 4.79 Å². The van der Waals surface area contributed by atoms with Crippen LogP contribution < -0.4 is 16.4 Å². The van der Waals surface area contributed by atoms with Crippen molar-refractivity contribution in [1.29, 1.82) is 5.26 Å². The minimum Gasteiger partial charge on any atom is -0.396 e. The lowest BCUT2D eigenvalue weighted by atomic mass is 10.1. The smallest absolute Gasteiger partial charge is 0.256 e. The number of nitrogen functional groups attached to an aromatic ring is 1. The first-order valence-electron chi connectivity index (χ1n) is 5.79. The SMILES string of the molecule is CNC(=O)c1c(NCC2(C)CC2)sc(C#N)c1N. The van der Waals surface area contributed by atoms with E-state index in [0.29, 0.717) is 20.9 Å². The van der Waals surface area contributed by atoms with Crippen LogP contribution in [0.25, 0.3) is 0 Å². The van der Waals surface area contributed by atoms with Crippen molar-refractivity contribution in [2.45, 2.75) is 19.8 Å². The molecule has 4 N–H and O–H groups in total. The number of rotatable bonds is 4. The predicted molar refractivity (Wildman–Crippen MR) is 72.7 cm³/mol. The van der Waals surface area contributed by atoms with E-state index in [4.69, 9.17) is 11.0 Å². The highest BCUT2D eigenvalue weighted by molar-refractivity contribution is 7.17. The summed E-state index contributed by atoms with van der Waals surface area (Å²) in [6, 6.07) is 2.02. The average Bonchev–Trinajstić information content (AvgIpc) is 3.00. The third-order valence-electron chi connectivity index (χ3n) is 3.28. The van der Waals surface area contributed by atoms with Crippen LogP contribution in [0.2, 0.25) is 0 Å². The molecule has 0 aromatic carbocycles. The lowest BCUT2D eigenvalue weighted by Gasteiger charge is -2.11. The monoisotopic (exact) mass is 264 g/mol. The quantitative estimate of drug-likeness (QED) is 0.773. The highest BCUT2D eigenvalue weighted by Crippen LogP contribution is 2.45. The van der Waals surface area contributed by atoms with E-state index in [-0.39, 0.29) is 11.6 Å². The molecule has 1 aromatic rings. The van der Waals surface area contributed by atoms with E-state index < -0.39 is 0 Å². The van der Waals surface area contributed by atoms with Crippen LogP contribution in [0.15, 0.2) is 0 Å². The van der Waals surface area contributed by atoms with E-state index in [1.165, 1.54) is 24.2 Å². The van der Waals surface area contributed by atoms with Crippen molar-refractivity contribution in [2.24, 2.45) is 5.41 Å². The van der Waals surface area contributed by atoms with Gasteiger partial charge in [0.05, 0.1) is 11.3 Å². The Bertz CT molecular complexity index is 525. The molecule has 1 aromatic heterocycles. The molecule has 96 valence electrons. The molecule has 0 saturated heterocycles. The van der Waals surface area contributed by atoms with Crippen LogP contribution in [0, 0.1) is 16.7 Å². The van der Waals surface area contributed by atoms with Crippen molar-refractivity contribution in [1.82, 2.24) is 5.32 Å². The van der Waals surface area contributed by atoms with Gasteiger partial charge in [-0.3, -0.25) is 4.79 Å². The topological polar surface area (TPSA) is 90.9 Å². The summed E-state index contributed by atoms with van der Waals surface area (Å²) in [4.78, 5) is 12.2. The maximum Gasteiger partial charge on any atom is 0.256 e. The van der Waals surface area contributed by atoms with Crippen molar-refractivity contribution in [3.63, 3.8) is 0 Å². The van der Waals surface area contributed by atoms with Gasteiger partial charge in [-0.15, -0.1) is 11.3 Å². The number of nitrogens with one attached hydrogen (secondary N) is 2. The number of carbonyl (C=O) groups is 1. The Kier molecular flexibility index (Phi) is 3.18. The highest BCUT2D eigenvalue weighted by atomic mass is 32.1.